The van der Waals surface area contributed by atoms with E-state index in [9.17, 15) is 13.6 Å². The summed E-state index contributed by atoms with van der Waals surface area (Å²) in [6.07, 6.45) is -0.299. The van der Waals surface area contributed by atoms with Crippen molar-refractivity contribution >= 4 is 5.97 Å². The number of hydrogen-bond acceptors (Lipinski definition) is 2. The molecular weight excluding hydrogens is 154 g/mol. The van der Waals surface area contributed by atoms with E-state index in [0.29, 0.717) is 0 Å². The van der Waals surface area contributed by atoms with Crippen molar-refractivity contribution in [3.8, 4) is 0 Å². The van der Waals surface area contributed by atoms with Crippen molar-refractivity contribution in [3.05, 3.63) is 0 Å². The van der Waals surface area contributed by atoms with Crippen LogP contribution in [0.1, 0.15) is 19.8 Å². The lowest BCUT2D eigenvalue weighted by Crippen LogP contribution is -2.07. The molecular formula is C7H10F2O2. The van der Waals surface area contributed by atoms with E-state index < -0.39 is 17.8 Å². The van der Waals surface area contributed by atoms with Crippen LogP contribution in [0.15, 0.2) is 0 Å². The highest BCUT2D eigenvalue weighted by atomic mass is 19.3. The fourth-order valence-corrected chi connectivity index (χ4v) is 0.912. The van der Waals surface area contributed by atoms with Crippen molar-refractivity contribution in [1.82, 2.24) is 0 Å². The molecule has 1 saturated carbocycles. The van der Waals surface area contributed by atoms with E-state index >= 15 is 0 Å². The van der Waals surface area contributed by atoms with Crippen LogP contribution in [-0.4, -0.2) is 18.5 Å². The third-order valence-electron chi connectivity index (χ3n) is 1.67. The number of hydrogen-bond donors (Lipinski definition) is 0. The number of carbonyl (C=O) groups is 1. The van der Waals surface area contributed by atoms with Gasteiger partial charge in [-0.15, -0.1) is 0 Å². The molecule has 1 atom stereocenters. The molecule has 1 aliphatic rings. The Kier molecular flexibility index (Phi) is 2.11. The largest absolute Gasteiger partial charge is 0.466 e. The van der Waals surface area contributed by atoms with Crippen molar-refractivity contribution in [2.24, 2.45) is 5.92 Å². The topological polar surface area (TPSA) is 26.3 Å². The van der Waals surface area contributed by atoms with E-state index in [4.69, 9.17) is 0 Å². The second-order valence-electron chi connectivity index (χ2n) is 2.67. The highest BCUT2D eigenvalue weighted by Crippen LogP contribution is 2.50. The molecule has 11 heavy (non-hydrogen) atoms. The minimum atomic E-state index is -2.60. The molecule has 1 rings (SSSR count). The number of rotatable bonds is 3. The van der Waals surface area contributed by atoms with Crippen LogP contribution in [0.5, 0.6) is 0 Å². The first-order valence-electron chi connectivity index (χ1n) is 3.59. The molecule has 0 N–H and O–H groups in total. The van der Waals surface area contributed by atoms with Crippen LogP contribution in [0.2, 0.25) is 0 Å². The van der Waals surface area contributed by atoms with Gasteiger partial charge in [0.15, 0.2) is 0 Å². The normalized spacial score (nSPS) is 26.3. The van der Waals surface area contributed by atoms with Gasteiger partial charge in [-0.2, -0.15) is 0 Å². The van der Waals surface area contributed by atoms with Crippen LogP contribution in [0, 0.1) is 5.92 Å². The van der Waals surface area contributed by atoms with Gasteiger partial charge in [-0.25, -0.2) is 8.78 Å². The molecule has 0 spiro atoms. The molecule has 1 aliphatic carbocycles. The Balaban J connectivity index is 2.18. The lowest BCUT2D eigenvalue weighted by atomic mass is 10.3. The first-order chi connectivity index (χ1) is 5.06. The third kappa shape index (κ3) is 2.13. The van der Waals surface area contributed by atoms with E-state index in [1.165, 1.54) is 0 Å². The summed E-state index contributed by atoms with van der Waals surface area (Å²) in [4.78, 5) is 10.6. The van der Waals surface area contributed by atoms with Gasteiger partial charge in [-0.05, 0) is 6.92 Å². The van der Waals surface area contributed by atoms with E-state index in [1.54, 1.807) is 6.92 Å². The van der Waals surface area contributed by atoms with Gasteiger partial charge in [0.05, 0.1) is 13.0 Å². The Labute approximate surface area is 63.5 Å². The second kappa shape index (κ2) is 2.75. The van der Waals surface area contributed by atoms with Crippen molar-refractivity contribution in [2.45, 2.75) is 25.7 Å². The van der Waals surface area contributed by atoms with E-state index in [0.717, 1.165) is 0 Å². The molecule has 0 heterocycles. The van der Waals surface area contributed by atoms with Gasteiger partial charge in [0.1, 0.15) is 0 Å². The van der Waals surface area contributed by atoms with Crippen LogP contribution in [-0.2, 0) is 9.53 Å². The maximum Gasteiger partial charge on any atom is 0.306 e. The Morgan fingerprint density at radius 1 is 1.73 bits per heavy atom. The predicted octanol–water partition coefficient (Wildman–Crippen LogP) is 1.59. The zero-order chi connectivity index (χ0) is 8.48. The van der Waals surface area contributed by atoms with Crippen LogP contribution in [0.4, 0.5) is 8.78 Å². The standard InChI is InChI=1S/C7H10F2O2/c1-2-11-6(10)3-5-4-7(5,8)9/h5H,2-4H2,1H3/t5-/m1/s1. The predicted molar refractivity (Wildman–Crippen MR) is 34.3 cm³/mol. The van der Waals surface area contributed by atoms with Gasteiger partial charge in [-0.1, -0.05) is 0 Å². The smallest absolute Gasteiger partial charge is 0.306 e. The summed E-state index contributed by atoms with van der Waals surface area (Å²) in [6, 6.07) is 0. The number of halogens is 2. The van der Waals surface area contributed by atoms with Crippen molar-refractivity contribution in [1.29, 1.82) is 0 Å². The summed E-state index contributed by atoms with van der Waals surface area (Å²) in [5.41, 5.74) is 0. The summed E-state index contributed by atoms with van der Waals surface area (Å²) in [6.45, 7) is 1.92. The number of alkyl halides is 2. The molecule has 64 valence electrons. The average molecular weight is 164 g/mol. The second-order valence-corrected chi connectivity index (χ2v) is 2.67. The highest BCUT2D eigenvalue weighted by molar-refractivity contribution is 5.70. The molecule has 0 unspecified atom stereocenters. The molecule has 4 heteroatoms. The van der Waals surface area contributed by atoms with Crippen molar-refractivity contribution in [2.75, 3.05) is 6.61 Å². The molecule has 0 aliphatic heterocycles. The Morgan fingerprint density at radius 2 is 2.27 bits per heavy atom. The first kappa shape index (κ1) is 8.43. The number of carbonyl (C=O) groups excluding carboxylic acids is 1. The lowest BCUT2D eigenvalue weighted by Gasteiger charge is -1.99. The molecule has 0 bridgehead atoms. The summed E-state index contributed by atoms with van der Waals surface area (Å²) in [5, 5.41) is 0. The van der Waals surface area contributed by atoms with Gasteiger partial charge < -0.3 is 4.74 Å². The monoisotopic (exact) mass is 164 g/mol. The maximum atomic E-state index is 12.2. The Hall–Kier alpha value is -0.670. The molecule has 0 amide bonds. The third-order valence-corrected chi connectivity index (χ3v) is 1.67. The molecule has 2 nitrogen and oxygen atoms in total. The SMILES string of the molecule is CCOC(=O)C[C@@H]1CC1(F)F. The average Bonchev–Trinajstić information content (AvgIpc) is 2.39. The van der Waals surface area contributed by atoms with Crippen molar-refractivity contribution < 1.29 is 18.3 Å². The van der Waals surface area contributed by atoms with Gasteiger partial charge in [0, 0.05) is 12.3 Å². The van der Waals surface area contributed by atoms with E-state index in [-0.39, 0.29) is 19.4 Å². The van der Waals surface area contributed by atoms with Gasteiger partial charge >= 0.3 is 5.97 Å². The molecule has 0 aromatic rings. The lowest BCUT2D eigenvalue weighted by molar-refractivity contribution is -0.144. The van der Waals surface area contributed by atoms with Gasteiger partial charge in [0.25, 0.3) is 5.92 Å². The van der Waals surface area contributed by atoms with Gasteiger partial charge in [0.2, 0.25) is 0 Å². The fourth-order valence-electron chi connectivity index (χ4n) is 0.912. The van der Waals surface area contributed by atoms with Crippen LogP contribution in [0.3, 0.4) is 0 Å². The summed E-state index contributed by atoms with van der Waals surface area (Å²) in [5.74, 6) is -3.89. The maximum absolute atomic E-state index is 12.2. The number of ether oxygens (including phenoxy) is 1. The first-order valence-corrected chi connectivity index (χ1v) is 3.59. The quantitative estimate of drug-likeness (QED) is 0.592. The van der Waals surface area contributed by atoms with Crippen molar-refractivity contribution in [3.63, 3.8) is 0 Å². The van der Waals surface area contributed by atoms with Crippen LogP contribution < -0.4 is 0 Å². The summed E-state index contributed by atoms with van der Waals surface area (Å²) in [7, 11) is 0. The molecule has 0 saturated heterocycles. The van der Waals surface area contributed by atoms with E-state index in [1.807, 2.05) is 0 Å². The van der Waals surface area contributed by atoms with Crippen LogP contribution >= 0.6 is 0 Å². The molecule has 0 aromatic carbocycles. The van der Waals surface area contributed by atoms with E-state index in [2.05, 4.69) is 4.74 Å². The number of esters is 1. The zero-order valence-electron chi connectivity index (χ0n) is 6.27. The molecule has 0 aromatic heterocycles. The minimum Gasteiger partial charge on any atom is -0.466 e. The minimum absolute atomic E-state index is 0.138. The zero-order valence-corrected chi connectivity index (χ0v) is 6.27. The molecule has 0 radical (unpaired) electrons. The Morgan fingerprint density at radius 3 is 2.64 bits per heavy atom. The van der Waals surface area contributed by atoms with Crippen LogP contribution in [0.25, 0.3) is 0 Å². The molecule has 1 fully saturated rings. The highest BCUT2D eigenvalue weighted by Gasteiger charge is 2.57. The van der Waals surface area contributed by atoms with Gasteiger partial charge in [-0.3, -0.25) is 4.79 Å². The Bertz CT molecular complexity index is 168. The summed E-state index contributed by atoms with van der Waals surface area (Å²) < 4.78 is 28.9. The fraction of sp³-hybridized carbons (Fsp3) is 0.857. The summed E-state index contributed by atoms with van der Waals surface area (Å²) >= 11 is 0.